The van der Waals surface area contributed by atoms with Crippen LogP contribution in [0.5, 0.6) is 11.5 Å². The van der Waals surface area contributed by atoms with Crippen molar-refractivity contribution < 1.29 is 22.8 Å². The number of hydrogen-bond acceptors (Lipinski definition) is 3. The Hall–Kier alpha value is -2.35. The monoisotopic (exact) mass is 449 g/mol. The average Bonchev–Trinajstić information content (AvgIpc) is 2.61. The maximum atomic E-state index is 13.4. The molecular formula is C19H23BrF3NO3. The van der Waals surface area contributed by atoms with Crippen molar-refractivity contribution in [1.29, 1.82) is 0 Å². The third-order valence-electron chi connectivity index (χ3n) is 2.24. The Morgan fingerprint density at radius 2 is 1.56 bits per heavy atom. The van der Waals surface area contributed by atoms with Gasteiger partial charge in [-0.25, -0.2) is 13.2 Å². The van der Waals surface area contributed by atoms with E-state index in [4.69, 9.17) is 4.74 Å². The van der Waals surface area contributed by atoms with Crippen LogP contribution in [0.3, 0.4) is 0 Å². The summed E-state index contributed by atoms with van der Waals surface area (Å²) in [4.78, 5) is 9.99. The molecule has 0 aliphatic heterocycles. The van der Waals surface area contributed by atoms with Gasteiger partial charge < -0.3 is 4.74 Å². The first-order valence-corrected chi connectivity index (χ1v) is 8.88. The normalized spacial score (nSPS) is 8.63. The number of nitrogens with zero attached hydrogens (tertiary/aromatic N) is 1. The van der Waals surface area contributed by atoms with Gasteiger partial charge in [-0.2, -0.15) is 0 Å². The van der Waals surface area contributed by atoms with E-state index < -0.39 is 16.6 Å². The van der Waals surface area contributed by atoms with Crippen LogP contribution >= 0.6 is 15.9 Å². The zero-order chi connectivity index (χ0) is 21.6. The molecule has 0 unspecified atom stereocenters. The molecule has 2 aromatic carbocycles. The van der Waals surface area contributed by atoms with Gasteiger partial charge in [0, 0.05) is 18.2 Å². The van der Waals surface area contributed by atoms with Gasteiger partial charge in [0.25, 0.3) is 5.69 Å². The molecule has 0 bridgehead atoms. The van der Waals surface area contributed by atoms with E-state index in [9.17, 15) is 23.3 Å². The Labute approximate surface area is 166 Å². The van der Waals surface area contributed by atoms with Crippen LogP contribution in [0.2, 0.25) is 0 Å². The van der Waals surface area contributed by atoms with E-state index >= 15 is 0 Å². The first-order chi connectivity index (χ1) is 12.7. The van der Waals surface area contributed by atoms with Gasteiger partial charge in [-0.3, -0.25) is 10.1 Å². The molecule has 0 radical (unpaired) electrons. The minimum absolute atomic E-state index is 0.126. The fraction of sp³-hybridized carbons (Fsp3) is 0.263. The molecule has 0 spiro atoms. The van der Waals surface area contributed by atoms with Crippen LogP contribution in [0, 0.1) is 21.7 Å². The summed E-state index contributed by atoms with van der Waals surface area (Å²) in [7, 11) is 0. The topological polar surface area (TPSA) is 52.4 Å². The zero-order valence-electron chi connectivity index (χ0n) is 15.9. The highest BCUT2D eigenvalue weighted by Gasteiger charge is 2.12. The Kier molecular flexibility index (Phi) is 14.7. The highest BCUT2D eigenvalue weighted by molar-refractivity contribution is 9.10. The zero-order valence-corrected chi connectivity index (χ0v) is 17.4. The van der Waals surface area contributed by atoms with Gasteiger partial charge in [-0.05, 0) is 41.1 Å². The minimum Gasteiger partial charge on any atom is -0.453 e. The number of rotatable bonds is 3. The molecule has 2 aromatic rings. The van der Waals surface area contributed by atoms with E-state index in [-0.39, 0.29) is 23.0 Å². The molecule has 8 heteroatoms. The molecule has 0 saturated carbocycles. The van der Waals surface area contributed by atoms with Crippen molar-refractivity contribution in [2.45, 2.75) is 34.6 Å². The first-order valence-electron chi connectivity index (χ1n) is 8.08. The lowest BCUT2D eigenvalue weighted by Crippen LogP contribution is -1.92. The van der Waals surface area contributed by atoms with Crippen LogP contribution in [0.4, 0.5) is 18.9 Å². The molecule has 0 saturated heterocycles. The average molecular weight is 450 g/mol. The Bertz CT molecular complexity index is 736. The van der Waals surface area contributed by atoms with Crippen molar-refractivity contribution in [3.63, 3.8) is 0 Å². The van der Waals surface area contributed by atoms with Crippen LogP contribution in [-0.2, 0) is 0 Å². The third-order valence-corrected chi connectivity index (χ3v) is 2.86. The van der Waals surface area contributed by atoms with E-state index in [2.05, 4.69) is 22.5 Å². The number of nitro benzene ring substituents is 1. The highest BCUT2D eigenvalue weighted by Crippen LogP contribution is 2.33. The SMILES string of the molecule is C=C(C)F.CC.CC.O=[N+]([O-])c1ccc(Oc2ccc(F)cc2F)c(Br)c1. The molecule has 150 valence electrons. The van der Waals surface area contributed by atoms with Crippen molar-refractivity contribution in [2.75, 3.05) is 0 Å². The molecule has 0 amide bonds. The molecule has 27 heavy (non-hydrogen) atoms. The van der Waals surface area contributed by atoms with Gasteiger partial charge in [0.2, 0.25) is 0 Å². The summed E-state index contributed by atoms with van der Waals surface area (Å²) in [6.45, 7) is 12.2. The van der Waals surface area contributed by atoms with Gasteiger partial charge in [0.1, 0.15) is 11.6 Å². The van der Waals surface area contributed by atoms with E-state index in [1.807, 2.05) is 27.7 Å². The van der Waals surface area contributed by atoms with Crippen LogP contribution in [0.1, 0.15) is 34.6 Å². The second kappa shape index (κ2) is 14.8. The van der Waals surface area contributed by atoms with Crippen molar-refractivity contribution in [3.05, 3.63) is 75.0 Å². The van der Waals surface area contributed by atoms with E-state index in [0.29, 0.717) is 10.5 Å². The van der Waals surface area contributed by atoms with E-state index in [0.717, 1.165) is 12.1 Å². The maximum Gasteiger partial charge on any atom is 0.270 e. The summed E-state index contributed by atoms with van der Waals surface area (Å²) in [5.41, 5.74) is -0.126. The number of non-ortho nitro benzene ring substituents is 1. The summed E-state index contributed by atoms with van der Waals surface area (Å²) in [6.07, 6.45) is 0. The standard InChI is InChI=1S/C12H6BrF2NO3.C3H5F.2C2H6/c13-9-6-8(16(17)18)2-4-11(9)19-12-3-1-7(14)5-10(12)15;1-3(2)4;2*1-2/h1-6H;1H2,2H3;2*1-2H3. The van der Waals surface area contributed by atoms with Crippen molar-refractivity contribution in [3.8, 4) is 11.5 Å². The fourth-order valence-corrected chi connectivity index (χ4v) is 1.81. The van der Waals surface area contributed by atoms with Crippen LogP contribution in [0.25, 0.3) is 0 Å². The van der Waals surface area contributed by atoms with Crippen LogP contribution in [0.15, 0.2) is 53.3 Å². The summed E-state index contributed by atoms with van der Waals surface area (Å²) < 4.78 is 42.4. The molecule has 0 atom stereocenters. The number of nitro groups is 1. The number of halogens is 4. The predicted molar refractivity (Wildman–Crippen MR) is 106 cm³/mol. The smallest absolute Gasteiger partial charge is 0.270 e. The second-order valence-electron chi connectivity index (χ2n) is 4.22. The summed E-state index contributed by atoms with van der Waals surface area (Å²) in [5.74, 6) is -1.88. The maximum absolute atomic E-state index is 13.4. The summed E-state index contributed by atoms with van der Waals surface area (Å²) in [6, 6.07) is 6.66. The van der Waals surface area contributed by atoms with Gasteiger partial charge in [-0.15, -0.1) is 0 Å². The van der Waals surface area contributed by atoms with Crippen LogP contribution < -0.4 is 4.74 Å². The molecule has 2 rings (SSSR count). The predicted octanol–water partition coefficient (Wildman–Crippen LogP) is 7.97. The van der Waals surface area contributed by atoms with Crippen molar-refractivity contribution in [2.24, 2.45) is 0 Å². The Morgan fingerprint density at radius 1 is 1.07 bits per heavy atom. The molecule has 0 aromatic heterocycles. The molecule has 0 aliphatic carbocycles. The Morgan fingerprint density at radius 3 is 1.96 bits per heavy atom. The molecule has 0 heterocycles. The lowest BCUT2D eigenvalue weighted by molar-refractivity contribution is -0.384. The van der Waals surface area contributed by atoms with Crippen molar-refractivity contribution >= 4 is 21.6 Å². The highest BCUT2D eigenvalue weighted by atomic mass is 79.9. The Balaban J connectivity index is 0. The number of allylic oxidation sites excluding steroid dienone is 1. The van der Waals surface area contributed by atoms with E-state index in [1.165, 1.54) is 25.1 Å². The first kappa shape index (κ1) is 26.9. The van der Waals surface area contributed by atoms with Gasteiger partial charge in [-0.1, -0.05) is 34.3 Å². The van der Waals surface area contributed by atoms with Gasteiger partial charge in [0.15, 0.2) is 11.6 Å². The molecular weight excluding hydrogens is 427 g/mol. The van der Waals surface area contributed by atoms with E-state index in [1.54, 1.807) is 0 Å². The quantitative estimate of drug-likeness (QED) is 0.352. The largest absolute Gasteiger partial charge is 0.453 e. The fourth-order valence-electron chi connectivity index (χ4n) is 1.36. The van der Waals surface area contributed by atoms with Crippen LogP contribution in [-0.4, -0.2) is 4.92 Å². The molecule has 4 nitrogen and oxygen atoms in total. The second-order valence-corrected chi connectivity index (χ2v) is 5.08. The number of benzene rings is 2. The molecule has 0 fully saturated rings. The molecule has 0 aliphatic rings. The molecule has 0 N–H and O–H groups in total. The lowest BCUT2D eigenvalue weighted by atomic mass is 10.3. The van der Waals surface area contributed by atoms with Gasteiger partial charge in [0.05, 0.1) is 15.2 Å². The van der Waals surface area contributed by atoms with Gasteiger partial charge >= 0.3 is 0 Å². The summed E-state index contributed by atoms with van der Waals surface area (Å²) in [5, 5.41) is 10.6. The lowest BCUT2D eigenvalue weighted by Gasteiger charge is -2.08. The number of hydrogen-bond donors (Lipinski definition) is 0. The summed E-state index contributed by atoms with van der Waals surface area (Å²) >= 11 is 3.09. The van der Waals surface area contributed by atoms with Crippen molar-refractivity contribution in [1.82, 2.24) is 0 Å². The third kappa shape index (κ3) is 11.1. The minimum atomic E-state index is -0.856. The number of ether oxygens (including phenoxy) is 1.